The van der Waals surface area contributed by atoms with Crippen molar-refractivity contribution in [2.45, 2.75) is 26.8 Å². The molecule has 0 bridgehead atoms. The number of aryl methyl sites for hydroxylation is 2. The number of hydrogen-bond acceptors (Lipinski definition) is 5. The molecule has 0 saturated heterocycles. The molecule has 0 spiro atoms. The van der Waals surface area contributed by atoms with Crippen LogP contribution in [0.4, 0.5) is 5.69 Å². The summed E-state index contributed by atoms with van der Waals surface area (Å²) in [5.41, 5.74) is 8.62. The first-order valence-electron chi connectivity index (χ1n) is 5.88. The molecule has 5 nitrogen and oxygen atoms in total. The van der Waals surface area contributed by atoms with E-state index in [-0.39, 0.29) is 11.7 Å². The van der Waals surface area contributed by atoms with E-state index in [9.17, 15) is 10.1 Å². The van der Waals surface area contributed by atoms with Crippen LogP contribution in [0.5, 0.6) is 0 Å². The van der Waals surface area contributed by atoms with E-state index in [2.05, 4.69) is 4.98 Å². The van der Waals surface area contributed by atoms with Crippen LogP contribution >= 0.6 is 11.3 Å². The molecule has 2 rings (SSSR count). The molecular weight excluding hydrogens is 262 g/mol. The fourth-order valence-corrected chi connectivity index (χ4v) is 3.00. The molecule has 1 atom stereocenters. The largest absolute Gasteiger partial charge is 0.323 e. The van der Waals surface area contributed by atoms with Crippen molar-refractivity contribution in [3.05, 3.63) is 44.4 Å². The normalized spacial score (nSPS) is 12.4. The molecule has 100 valence electrons. The maximum absolute atomic E-state index is 10.8. The zero-order chi connectivity index (χ0) is 14.2. The van der Waals surface area contributed by atoms with Gasteiger partial charge in [0.25, 0.3) is 5.69 Å². The third-order valence-corrected chi connectivity index (χ3v) is 4.30. The number of nitro benzene ring substituents is 1. The third-order valence-electron chi connectivity index (χ3n) is 2.91. The van der Waals surface area contributed by atoms with Gasteiger partial charge in [-0.2, -0.15) is 0 Å². The first-order chi connectivity index (χ1) is 8.90. The Kier molecular flexibility index (Phi) is 3.64. The lowest BCUT2D eigenvalue weighted by Crippen LogP contribution is -2.03. The van der Waals surface area contributed by atoms with Crippen molar-refractivity contribution in [2.24, 2.45) is 5.73 Å². The molecule has 0 saturated carbocycles. The first kappa shape index (κ1) is 13.6. The topological polar surface area (TPSA) is 82.0 Å². The molecule has 0 aliphatic heterocycles. The minimum atomic E-state index is -0.393. The molecule has 0 fully saturated rings. The van der Waals surface area contributed by atoms with Gasteiger partial charge in [-0.25, -0.2) is 4.98 Å². The summed E-state index contributed by atoms with van der Waals surface area (Å²) in [5, 5.41) is 11.6. The molecule has 0 amide bonds. The number of rotatable bonds is 3. The van der Waals surface area contributed by atoms with Crippen molar-refractivity contribution >= 4 is 17.0 Å². The van der Waals surface area contributed by atoms with E-state index in [4.69, 9.17) is 5.73 Å². The van der Waals surface area contributed by atoms with Gasteiger partial charge in [0.05, 0.1) is 10.6 Å². The highest BCUT2D eigenvalue weighted by atomic mass is 32.1. The molecule has 1 aromatic heterocycles. The number of nitrogens with two attached hydrogens (primary N) is 1. The average molecular weight is 277 g/mol. The quantitative estimate of drug-likeness (QED) is 0.689. The highest BCUT2D eigenvalue weighted by Gasteiger charge is 2.16. The number of hydrogen-bond donors (Lipinski definition) is 1. The average Bonchev–Trinajstić information content (AvgIpc) is 2.71. The zero-order valence-corrected chi connectivity index (χ0v) is 11.8. The van der Waals surface area contributed by atoms with E-state index in [1.165, 1.54) is 17.4 Å². The fraction of sp³-hybridized carbons (Fsp3) is 0.308. The van der Waals surface area contributed by atoms with Crippen molar-refractivity contribution < 1.29 is 4.92 Å². The minimum absolute atomic E-state index is 0.0785. The van der Waals surface area contributed by atoms with E-state index in [1.54, 1.807) is 12.1 Å². The Balaban J connectivity index is 2.55. The van der Waals surface area contributed by atoms with Gasteiger partial charge in [0.15, 0.2) is 0 Å². The van der Waals surface area contributed by atoms with Gasteiger partial charge in [-0.15, -0.1) is 11.3 Å². The molecule has 6 heteroatoms. The van der Waals surface area contributed by atoms with Crippen molar-refractivity contribution in [3.63, 3.8) is 0 Å². The van der Waals surface area contributed by atoms with Crippen LogP contribution in [0.25, 0.3) is 10.6 Å². The molecule has 0 aliphatic carbocycles. The fourth-order valence-electron chi connectivity index (χ4n) is 1.90. The Bertz CT molecular complexity index is 635. The smallest absolute Gasteiger partial charge is 0.270 e. The summed E-state index contributed by atoms with van der Waals surface area (Å²) >= 11 is 1.50. The molecular formula is C13H15N3O2S. The van der Waals surface area contributed by atoms with Crippen molar-refractivity contribution in [3.8, 4) is 10.6 Å². The Labute approximate surface area is 115 Å². The molecule has 1 unspecified atom stereocenters. The second kappa shape index (κ2) is 5.07. The van der Waals surface area contributed by atoms with Gasteiger partial charge in [0.1, 0.15) is 5.01 Å². The van der Waals surface area contributed by atoms with Gasteiger partial charge in [-0.1, -0.05) is 6.07 Å². The summed E-state index contributed by atoms with van der Waals surface area (Å²) in [5.74, 6) is 0. The molecule has 2 N–H and O–H groups in total. The highest BCUT2D eigenvalue weighted by Crippen LogP contribution is 2.34. The van der Waals surface area contributed by atoms with Crippen molar-refractivity contribution in [2.75, 3.05) is 0 Å². The highest BCUT2D eigenvalue weighted by molar-refractivity contribution is 7.15. The first-order valence-corrected chi connectivity index (χ1v) is 6.70. The van der Waals surface area contributed by atoms with Gasteiger partial charge in [-0.3, -0.25) is 10.1 Å². The number of thiazole rings is 1. The van der Waals surface area contributed by atoms with Crippen molar-refractivity contribution in [1.82, 2.24) is 4.98 Å². The molecule has 1 heterocycles. The summed E-state index contributed by atoms with van der Waals surface area (Å²) in [7, 11) is 0. The van der Waals surface area contributed by atoms with Gasteiger partial charge in [-0.05, 0) is 26.3 Å². The Morgan fingerprint density at radius 2 is 2.11 bits per heavy atom. The van der Waals surface area contributed by atoms with Crippen LogP contribution in [0.15, 0.2) is 18.2 Å². The summed E-state index contributed by atoms with van der Waals surface area (Å²) in [4.78, 5) is 15.9. The maximum Gasteiger partial charge on any atom is 0.270 e. The number of aromatic nitrogens is 1. The van der Waals surface area contributed by atoms with Gasteiger partial charge < -0.3 is 5.73 Å². The van der Waals surface area contributed by atoms with E-state index in [1.807, 2.05) is 20.8 Å². The van der Waals surface area contributed by atoms with Crippen molar-refractivity contribution in [1.29, 1.82) is 0 Å². The predicted molar refractivity (Wildman–Crippen MR) is 76.3 cm³/mol. The minimum Gasteiger partial charge on any atom is -0.323 e. The van der Waals surface area contributed by atoms with E-state index >= 15 is 0 Å². The Hall–Kier alpha value is -1.79. The number of nitro groups is 1. The van der Waals surface area contributed by atoms with Gasteiger partial charge in [0.2, 0.25) is 0 Å². The SMILES string of the molecule is Cc1ccc([N+](=O)[O-])cc1-c1nc(C)c(C(C)N)s1. The van der Waals surface area contributed by atoms with Crippen LogP contribution in [0.2, 0.25) is 0 Å². The summed E-state index contributed by atoms with van der Waals surface area (Å²) in [6.07, 6.45) is 0. The number of benzene rings is 1. The van der Waals surface area contributed by atoms with Crippen LogP contribution in [0.1, 0.15) is 29.1 Å². The Morgan fingerprint density at radius 1 is 1.42 bits per heavy atom. The lowest BCUT2D eigenvalue weighted by atomic mass is 10.1. The Morgan fingerprint density at radius 3 is 2.63 bits per heavy atom. The summed E-state index contributed by atoms with van der Waals surface area (Å²) in [6, 6.07) is 4.74. The van der Waals surface area contributed by atoms with Crippen LogP contribution in [-0.4, -0.2) is 9.91 Å². The lowest BCUT2D eigenvalue weighted by Gasteiger charge is -2.02. The van der Waals surface area contributed by atoms with E-state index in [0.29, 0.717) is 0 Å². The molecule has 19 heavy (non-hydrogen) atoms. The predicted octanol–water partition coefficient (Wildman–Crippen LogP) is 3.35. The van der Waals surface area contributed by atoms with Crippen LogP contribution in [0, 0.1) is 24.0 Å². The molecule has 0 aliphatic rings. The summed E-state index contributed by atoms with van der Waals surface area (Å²) in [6.45, 7) is 5.73. The maximum atomic E-state index is 10.8. The third kappa shape index (κ3) is 2.64. The molecule has 1 aromatic carbocycles. The molecule has 2 aromatic rings. The molecule has 0 radical (unpaired) electrons. The summed E-state index contributed by atoms with van der Waals surface area (Å²) < 4.78 is 0. The standard InChI is InChI=1S/C13H15N3O2S/c1-7-4-5-10(16(17)18)6-11(7)13-15-9(3)12(19-13)8(2)14/h4-6,8H,14H2,1-3H3. The number of non-ortho nitro benzene ring substituents is 1. The van der Waals surface area contributed by atoms with Gasteiger partial charge >= 0.3 is 0 Å². The second-order valence-electron chi connectivity index (χ2n) is 4.51. The van der Waals surface area contributed by atoms with Crippen LogP contribution in [-0.2, 0) is 0 Å². The van der Waals surface area contributed by atoms with Gasteiger partial charge in [0, 0.05) is 28.6 Å². The van der Waals surface area contributed by atoms with E-state index < -0.39 is 4.92 Å². The van der Waals surface area contributed by atoms with E-state index in [0.717, 1.165) is 26.7 Å². The van der Waals surface area contributed by atoms with Crippen LogP contribution < -0.4 is 5.73 Å². The second-order valence-corrected chi connectivity index (χ2v) is 5.54. The zero-order valence-electron chi connectivity index (χ0n) is 11.0. The lowest BCUT2D eigenvalue weighted by molar-refractivity contribution is -0.384. The van der Waals surface area contributed by atoms with Crippen LogP contribution in [0.3, 0.4) is 0 Å². The monoisotopic (exact) mass is 277 g/mol. The number of nitrogens with zero attached hydrogens (tertiary/aromatic N) is 2.